The van der Waals surface area contributed by atoms with Gasteiger partial charge in [-0.25, -0.2) is 4.79 Å². The number of halogens is 2. The summed E-state index contributed by atoms with van der Waals surface area (Å²) in [5.74, 6) is 0. The summed E-state index contributed by atoms with van der Waals surface area (Å²) < 4.78 is 5.25. The van der Waals surface area contributed by atoms with Crippen LogP contribution in [0.15, 0.2) is 96.2 Å². The number of aliphatic imine (C=N–C) groups is 1. The number of allylic oxidation sites excluding steroid dienone is 5. The van der Waals surface area contributed by atoms with E-state index in [1.165, 1.54) is 6.38 Å². The van der Waals surface area contributed by atoms with Crippen LogP contribution in [0.5, 0.6) is 0 Å². The van der Waals surface area contributed by atoms with Crippen LogP contribution in [0.1, 0.15) is 37.8 Å². The highest BCUT2D eigenvalue weighted by Crippen LogP contribution is 2.31. The molecule has 0 spiro atoms. The summed E-state index contributed by atoms with van der Waals surface area (Å²) in [5.41, 5.74) is 6.19. The third kappa shape index (κ3) is 10.1. The normalized spacial score (nSPS) is 14.8. The molecule has 0 saturated heterocycles. The second-order valence-electron chi connectivity index (χ2n) is 8.50. The summed E-state index contributed by atoms with van der Waals surface area (Å²) in [7, 11) is 0. The highest BCUT2D eigenvalue weighted by molar-refractivity contribution is 6.31. The number of carbonyl (C=O) groups is 1. The third-order valence-electron chi connectivity index (χ3n) is 5.84. The fourth-order valence-corrected chi connectivity index (χ4v) is 4.07. The van der Waals surface area contributed by atoms with Gasteiger partial charge in [0.15, 0.2) is 0 Å². The molecule has 1 aliphatic heterocycles. The van der Waals surface area contributed by atoms with E-state index in [-0.39, 0.29) is 12.1 Å². The molecule has 0 aromatic heterocycles. The van der Waals surface area contributed by atoms with Crippen molar-refractivity contribution in [2.75, 3.05) is 36.8 Å². The molecule has 3 N–H and O–H groups in total. The van der Waals surface area contributed by atoms with Gasteiger partial charge < -0.3 is 20.7 Å². The quantitative estimate of drug-likeness (QED) is 0.146. The van der Waals surface area contributed by atoms with E-state index < -0.39 is 0 Å². The molecule has 1 heterocycles. The summed E-state index contributed by atoms with van der Waals surface area (Å²) in [6.45, 7) is 13.7. The molecule has 208 valence electrons. The SMILES string of the molecule is C=C/C(=C\C=C/C)CCC1N=C(c2ccc(NC(=O)NCCOCC)cc2)c2cc(Cl)ccc2NC1=C.CCl. The number of anilines is 2. The molecule has 3 rings (SSSR count). The summed E-state index contributed by atoms with van der Waals surface area (Å²) in [5, 5.41) is 9.70. The summed E-state index contributed by atoms with van der Waals surface area (Å²) in [6.07, 6.45) is 11.0. The molecule has 2 aromatic rings. The van der Waals surface area contributed by atoms with E-state index in [0.717, 1.165) is 46.6 Å². The molecule has 1 unspecified atom stereocenters. The fourth-order valence-electron chi connectivity index (χ4n) is 3.89. The number of benzodiazepines with no additional fused rings is 1. The van der Waals surface area contributed by atoms with Gasteiger partial charge in [-0.3, -0.25) is 4.99 Å². The molecule has 6 nitrogen and oxygen atoms in total. The zero-order valence-electron chi connectivity index (χ0n) is 22.9. The standard InChI is InChI=1S/C30H35ClN4O2.CH3Cl/c1-5-8-9-22(6-2)10-16-27-21(4)33-28-17-13-24(31)20-26(28)29(35-27)23-11-14-25(15-12-23)34-30(36)32-18-19-37-7-3;1-2/h5-6,8-9,11-15,17,20,27,33H,2,4,7,10,16,18-19H2,1,3H3,(H2,32,34,36);1H3/b8-5-,22-9+;. The smallest absolute Gasteiger partial charge is 0.319 e. The van der Waals surface area contributed by atoms with Gasteiger partial charge in [0, 0.05) is 52.8 Å². The lowest BCUT2D eigenvalue weighted by Gasteiger charge is -2.16. The number of urea groups is 1. The predicted molar refractivity (Wildman–Crippen MR) is 168 cm³/mol. The molecular weight excluding hydrogens is 531 g/mol. The Balaban J connectivity index is 0.00000260. The van der Waals surface area contributed by atoms with Crippen molar-refractivity contribution in [3.05, 3.63) is 107 Å². The maximum absolute atomic E-state index is 12.2. The van der Waals surface area contributed by atoms with Crippen molar-refractivity contribution in [3.63, 3.8) is 0 Å². The monoisotopic (exact) mass is 568 g/mol. The van der Waals surface area contributed by atoms with Crippen molar-refractivity contribution in [3.8, 4) is 0 Å². The van der Waals surface area contributed by atoms with Crippen molar-refractivity contribution in [2.45, 2.75) is 32.7 Å². The number of hydrogen-bond acceptors (Lipinski definition) is 4. The van der Waals surface area contributed by atoms with Crippen LogP contribution in [-0.2, 0) is 4.74 Å². The number of ether oxygens (including phenoxy) is 1. The molecular formula is C31H38Cl2N4O2. The molecule has 2 amide bonds. The van der Waals surface area contributed by atoms with E-state index in [1.54, 1.807) is 0 Å². The van der Waals surface area contributed by atoms with Gasteiger partial charge >= 0.3 is 6.03 Å². The van der Waals surface area contributed by atoms with Crippen LogP contribution in [0.3, 0.4) is 0 Å². The van der Waals surface area contributed by atoms with E-state index in [2.05, 4.69) is 46.8 Å². The first-order valence-corrected chi connectivity index (χ1v) is 14.0. The highest BCUT2D eigenvalue weighted by atomic mass is 35.5. The first-order chi connectivity index (χ1) is 18.9. The number of nitrogens with zero attached hydrogens (tertiary/aromatic N) is 1. The molecule has 1 aliphatic rings. The predicted octanol–water partition coefficient (Wildman–Crippen LogP) is 7.97. The Kier molecular flexibility index (Phi) is 14.2. The second-order valence-corrected chi connectivity index (χ2v) is 8.94. The molecule has 39 heavy (non-hydrogen) atoms. The number of carbonyl (C=O) groups excluding carboxylic acids is 1. The average molecular weight is 570 g/mol. The molecule has 0 bridgehead atoms. The molecule has 0 saturated carbocycles. The van der Waals surface area contributed by atoms with Gasteiger partial charge in [0.2, 0.25) is 0 Å². The third-order valence-corrected chi connectivity index (χ3v) is 6.08. The summed E-state index contributed by atoms with van der Waals surface area (Å²) >= 11 is 11.0. The lowest BCUT2D eigenvalue weighted by molar-refractivity contribution is 0.150. The second kappa shape index (κ2) is 17.3. The van der Waals surface area contributed by atoms with Crippen LogP contribution in [0.4, 0.5) is 16.2 Å². The minimum Gasteiger partial charge on any atom is -0.380 e. The van der Waals surface area contributed by atoms with Crippen molar-refractivity contribution >= 4 is 46.3 Å². The Hall–Kier alpha value is -3.32. The fraction of sp³-hybridized carbons (Fsp3) is 0.290. The van der Waals surface area contributed by atoms with E-state index in [1.807, 2.05) is 74.5 Å². The maximum atomic E-state index is 12.2. The van der Waals surface area contributed by atoms with Gasteiger partial charge in [-0.15, -0.1) is 11.6 Å². The van der Waals surface area contributed by atoms with Gasteiger partial charge in [0.05, 0.1) is 18.4 Å². The van der Waals surface area contributed by atoms with Crippen molar-refractivity contribution in [1.82, 2.24) is 5.32 Å². The largest absolute Gasteiger partial charge is 0.380 e. The van der Waals surface area contributed by atoms with Crippen LogP contribution >= 0.6 is 23.2 Å². The van der Waals surface area contributed by atoms with Gasteiger partial charge in [0.1, 0.15) is 0 Å². The van der Waals surface area contributed by atoms with Crippen LogP contribution in [0.2, 0.25) is 5.02 Å². The summed E-state index contributed by atoms with van der Waals surface area (Å²) in [6, 6.07) is 12.9. The summed E-state index contributed by atoms with van der Waals surface area (Å²) in [4.78, 5) is 17.3. The van der Waals surface area contributed by atoms with Gasteiger partial charge in [0.25, 0.3) is 0 Å². The highest BCUT2D eigenvalue weighted by Gasteiger charge is 2.22. The Labute approximate surface area is 242 Å². The number of benzene rings is 2. The first-order valence-electron chi connectivity index (χ1n) is 12.8. The van der Waals surface area contributed by atoms with Crippen molar-refractivity contribution in [1.29, 1.82) is 0 Å². The molecule has 8 heteroatoms. The van der Waals surface area contributed by atoms with Gasteiger partial charge in [-0.1, -0.05) is 61.2 Å². The van der Waals surface area contributed by atoms with Gasteiger partial charge in [-0.05, 0) is 62.6 Å². The minimum absolute atomic E-state index is 0.149. The Morgan fingerprint density at radius 1 is 1.21 bits per heavy atom. The van der Waals surface area contributed by atoms with Gasteiger partial charge in [-0.2, -0.15) is 0 Å². The number of nitrogens with one attached hydrogen (secondary N) is 3. The molecule has 2 aromatic carbocycles. The Bertz CT molecular complexity index is 1200. The minimum atomic E-state index is -0.277. The van der Waals surface area contributed by atoms with E-state index in [0.29, 0.717) is 30.5 Å². The number of hydrogen-bond donors (Lipinski definition) is 3. The van der Waals surface area contributed by atoms with Crippen molar-refractivity contribution < 1.29 is 9.53 Å². The van der Waals surface area contributed by atoms with E-state index in [4.69, 9.17) is 21.3 Å². The lowest BCUT2D eigenvalue weighted by atomic mass is 10.00. The number of alkyl halides is 1. The zero-order chi connectivity index (χ0) is 28.6. The number of fused-ring (bicyclic) bond motifs is 1. The maximum Gasteiger partial charge on any atom is 0.319 e. The Morgan fingerprint density at radius 2 is 1.95 bits per heavy atom. The molecule has 0 radical (unpaired) electrons. The van der Waals surface area contributed by atoms with Crippen molar-refractivity contribution in [2.24, 2.45) is 4.99 Å². The van der Waals surface area contributed by atoms with E-state index >= 15 is 0 Å². The molecule has 0 fully saturated rings. The lowest BCUT2D eigenvalue weighted by Crippen LogP contribution is -2.31. The van der Waals surface area contributed by atoms with Crippen LogP contribution in [0, 0.1) is 0 Å². The van der Waals surface area contributed by atoms with Crippen LogP contribution in [0.25, 0.3) is 0 Å². The topological polar surface area (TPSA) is 74.8 Å². The number of amides is 2. The average Bonchev–Trinajstić information content (AvgIpc) is 3.08. The number of rotatable bonds is 11. The van der Waals surface area contributed by atoms with Crippen LogP contribution < -0.4 is 16.0 Å². The molecule has 1 atom stereocenters. The Morgan fingerprint density at radius 3 is 2.62 bits per heavy atom. The molecule has 0 aliphatic carbocycles. The first kappa shape index (κ1) is 31.9. The zero-order valence-corrected chi connectivity index (χ0v) is 24.4. The van der Waals surface area contributed by atoms with E-state index in [9.17, 15) is 4.79 Å². The van der Waals surface area contributed by atoms with Crippen LogP contribution in [-0.4, -0.2) is 43.9 Å².